The second-order valence-corrected chi connectivity index (χ2v) is 9.09. The highest BCUT2D eigenvalue weighted by molar-refractivity contribution is 8.18. The molecule has 1 heterocycles. The van der Waals surface area contributed by atoms with Crippen molar-refractivity contribution in [1.29, 1.82) is 0 Å². The van der Waals surface area contributed by atoms with Gasteiger partial charge in [0.1, 0.15) is 0 Å². The molecule has 0 atom stereocenters. The minimum atomic E-state index is -0.747. The van der Waals surface area contributed by atoms with E-state index in [0.717, 1.165) is 18.1 Å². The second kappa shape index (κ2) is 11.7. The summed E-state index contributed by atoms with van der Waals surface area (Å²) >= 11 is 0.685. The van der Waals surface area contributed by atoms with Gasteiger partial charge in [-0.2, -0.15) is 0 Å². The van der Waals surface area contributed by atoms with Crippen LogP contribution in [0.1, 0.15) is 21.5 Å². The number of hydrogen-bond acceptors (Lipinski definition) is 11. The highest BCUT2D eigenvalue weighted by atomic mass is 32.2. The summed E-state index contributed by atoms with van der Waals surface area (Å²) in [7, 11) is 2.50. The van der Waals surface area contributed by atoms with E-state index in [4.69, 9.17) is 9.47 Å². The molecule has 0 N–H and O–H groups in total. The number of carbonyl (C=O) groups is 3. The fraction of sp³-hybridized carbons (Fsp3) is 0.115. The predicted molar refractivity (Wildman–Crippen MR) is 142 cm³/mol. The van der Waals surface area contributed by atoms with Crippen molar-refractivity contribution in [2.75, 3.05) is 14.2 Å². The maximum Gasteiger partial charge on any atom is 0.338 e. The van der Waals surface area contributed by atoms with Crippen LogP contribution < -0.4 is 9.47 Å². The Balaban J connectivity index is 1.58. The van der Waals surface area contributed by atoms with Gasteiger partial charge in [-0.25, -0.2) is 4.79 Å². The monoisotopic (exact) mass is 565 g/mol. The van der Waals surface area contributed by atoms with E-state index in [1.54, 1.807) is 12.1 Å². The molecule has 0 aliphatic carbocycles. The van der Waals surface area contributed by atoms with Crippen LogP contribution >= 0.6 is 11.8 Å². The van der Waals surface area contributed by atoms with Crippen LogP contribution in [-0.4, -0.2) is 46.1 Å². The number of esters is 1. The number of thioether (sulfide) groups is 1. The first-order valence-corrected chi connectivity index (χ1v) is 12.1. The number of amides is 2. The molecule has 3 aromatic carbocycles. The van der Waals surface area contributed by atoms with Crippen molar-refractivity contribution in [2.24, 2.45) is 0 Å². The summed E-state index contributed by atoms with van der Waals surface area (Å²) < 4.78 is 15.7. The first-order chi connectivity index (χ1) is 19.1. The number of methoxy groups -OCH3 is 2. The smallest absolute Gasteiger partial charge is 0.338 e. The number of benzene rings is 3. The van der Waals surface area contributed by atoms with E-state index in [2.05, 4.69) is 4.74 Å². The van der Waals surface area contributed by atoms with Crippen molar-refractivity contribution < 1.29 is 38.4 Å². The zero-order valence-electron chi connectivity index (χ0n) is 20.9. The van der Waals surface area contributed by atoms with E-state index in [0.29, 0.717) is 17.3 Å². The normalized spacial score (nSPS) is 13.8. The van der Waals surface area contributed by atoms with Crippen LogP contribution in [-0.2, 0) is 16.1 Å². The quantitative estimate of drug-likeness (QED) is 0.142. The SMILES string of the molecule is COC(=O)c1ccc(Oc2ccc(/C=C3\SC(=O)N(Cc4ccccc4[N+](=O)[O-])C3=O)cc2OC)c([N+](=O)[O-])c1. The molecule has 13 nitrogen and oxygen atoms in total. The maximum absolute atomic E-state index is 13.0. The van der Waals surface area contributed by atoms with Crippen LogP contribution in [0.5, 0.6) is 17.2 Å². The molecule has 204 valence electrons. The number of nitrogens with zero attached hydrogens (tertiary/aromatic N) is 3. The Kier molecular flexibility index (Phi) is 8.09. The molecule has 2 amide bonds. The van der Waals surface area contributed by atoms with Gasteiger partial charge in [0.05, 0.1) is 41.1 Å². The molecule has 0 aromatic heterocycles. The van der Waals surface area contributed by atoms with Crippen LogP contribution in [0.15, 0.2) is 65.6 Å². The average Bonchev–Trinajstić information content (AvgIpc) is 3.20. The van der Waals surface area contributed by atoms with E-state index in [-0.39, 0.29) is 45.5 Å². The fourth-order valence-corrected chi connectivity index (χ4v) is 4.59. The van der Waals surface area contributed by atoms with Crippen molar-refractivity contribution in [3.63, 3.8) is 0 Å². The Morgan fingerprint density at radius 2 is 1.62 bits per heavy atom. The van der Waals surface area contributed by atoms with Gasteiger partial charge in [-0.3, -0.25) is 34.7 Å². The molecule has 0 saturated carbocycles. The van der Waals surface area contributed by atoms with Crippen molar-refractivity contribution in [1.82, 2.24) is 4.90 Å². The van der Waals surface area contributed by atoms with Crippen molar-refractivity contribution in [2.45, 2.75) is 6.54 Å². The Bertz CT molecular complexity index is 1590. The van der Waals surface area contributed by atoms with Gasteiger partial charge in [0.2, 0.25) is 5.75 Å². The summed E-state index contributed by atoms with van der Waals surface area (Å²) in [5, 5.41) is 22.3. The van der Waals surface area contributed by atoms with Gasteiger partial charge in [0, 0.05) is 17.7 Å². The Hall–Kier alpha value is -5.24. The van der Waals surface area contributed by atoms with Gasteiger partial charge in [-0.1, -0.05) is 24.3 Å². The largest absolute Gasteiger partial charge is 0.493 e. The third-order valence-electron chi connectivity index (χ3n) is 5.67. The van der Waals surface area contributed by atoms with Gasteiger partial charge >= 0.3 is 11.7 Å². The zero-order valence-corrected chi connectivity index (χ0v) is 21.7. The van der Waals surface area contributed by atoms with Crippen LogP contribution in [0.4, 0.5) is 16.2 Å². The summed E-state index contributed by atoms with van der Waals surface area (Å²) in [6.45, 7) is -0.261. The molecule has 1 aliphatic heterocycles. The molecule has 0 radical (unpaired) electrons. The van der Waals surface area contributed by atoms with Crippen LogP contribution in [0.25, 0.3) is 6.08 Å². The number of nitro groups is 2. The van der Waals surface area contributed by atoms with Crippen LogP contribution in [0.3, 0.4) is 0 Å². The molecule has 14 heteroatoms. The summed E-state index contributed by atoms with van der Waals surface area (Å²) in [6.07, 6.45) is 1.45. The van der Waals surface area contributed by atoms with Crippen molar-refractivity contribution >= 4 is 46.3 Å². The highest BCUT2D eigenvalue weighted by Gasteiger charge is 2.36. The first-order valence-electron chi connectivity index (χ1n) is 11.3. The molecular weight excluding hydrogens is 546 g/mol. The second-order valence-electron chi connectivity index (χ2n) is 8.10. The number of ether oxygens (including phenoxy) is 3. The minimum absolute atomic E-state index is 0.0281. The highest BCUT2D eigenvalue weighted by Crippen LogP contribution is 2.39. The number of carbonyl (C=O) groups excluding carboxylic acids is 3. The molecule has 1 saturated heterocycles. The molecule has 0 bridgehead atoms. The van der Waals surface area contributed by atoms with Gasteiger partial charge in [0.25, 0.3) is 16.8 Å². The van der Waals surface area contributed by atoms with E-state index in [1.807, 2.05) is 0 Å². The molecule has 0 unspecified atom stereocenters. The summed E-state index contributed by atoms with van der Waals surface area (Å²) in [6, 6.07) is 13.9. The Morgan fingerprint density at radius 3 is 2.30 bits per heavy atom. The van der Waals surface area contributed by atoms with E-state index < -0.39 is 32.6 Å². The molecule has 40 heavy (non-hydrogen) atoms. The summed E-state index contributed by atoms with van der Waals surface area (Å²) in [5.41, 5.74) is -0.0315. The standard InChI is InChI=1S/C26H19N3O10S/c1-37-22-11-15(7-9-21(22)39-20-10-8-16(25(31)38-2)13-19(20)29(35)36)12-23-24(30)27(26(32)40-23)14-17-5-3-4-6-18(17)28(33)34/h3-13H,14H2,1-2H3/b23-12-. The van der Waals surface area contributed by atoms with Gasteiger partial charge in [-0.15, -0.1) is 0 Å². The van der Waals surface area contributed by atoms with Crippen molar-refractivity contribution in [3.8, 4) is 17.2 Å². The van der Waals surface area contributed by atoms with E-state index in [1.165, 1.54) is 55.7 Å². The Labute approximate surface area is 230 Å². The molecule has 1 aliphatic rings. The van der Waals surface area contributed by atoms with Gasteiger partial charge < -0.3 is 14.2 Å². The third kappa shape index (κ3) is 5.76. The van der Waals surface area contributed by atoms with Gasteiger partial charge in [-0.05, 0) is 47.7 Å². The lowest BCUT2D eigenvalue weighted by Crippen LogP contribution is -2.27. The lowest BCUT2D eigenvalue weighted by Gasteiger charge is -2.13. The number of imide groups is 1. The third-order valence-corrected chi connectivity index (χ3v) is 6.58. The zero-order chi connectivity index (χ0) is 29.0. The molecular formula is C26H19N3O10S. The van der Waals surface area contributed by atoms with Gasteiger partial charge in [0.15, 0.2) is 11.5 Å². The summed E-state index contributed by atoms with van der Waals surface area (Å²) in [4.78, 5) is 59.8. The van der Waals surface area contributed by atoms with Crippen molar-refractivity contribution in [3.05, 3.63) is 102 Å². The molecule has 4 rings (SSSR count). The molecule has 1 fully saturated rings. The maximum atomic E-state index is 13.0. The molecule has 0 spiro atoms. The van der Waals surface area contributed by atoms with Crippen LogP contribution in [0, 0.1) is 20.2 Å². The van der Waals surface area contributed by atoms with E-state index >= 15 is 0 Å². The number of nitro benzene ring substituents is 2. The average molecular weight is 566 g/mol. The minimum Gasteiger partial charge on any atom is -0.493 e. The number of para-hydroxylation sites is 1. The van der Waals surface area contributed by atoms with Crippen LogP contribution in [0.2, 0.25) is 0 Å². The predicted octanol–water partition coefficient (Wildman–Crippen LogP) is 5.33. The number of rotatable bonds is 9. The lowest BCUT2D eigenvalue weighted by atomic mass is 10.1. The fourth-order valence-electron chi connectivity index (χ4n) is 3.75. The van der Waals surface area contributed by atoms with E-state index in [9.17, 15) is 34.6 Å². The summed E-state index contributed by atoms with van der Waals surface area (Å²) in [5.74, 6) is -1.24. The molecule has 3 aromatic rings. The lowest BCUT2D eigenvalue weighted by molar-refractivity contribution is -0.385. The topological polar surface area (TPSA) is 168 Å². The first kappa shape index (κ1) is 27.8. The Morgan fingerprint density at radius 1 is 0.925 bits per heavy atom. The number of hydrogen-bond donors (Lipinski definition) is 0.